The molecule has 0 heterocycles. The van der Waals surface area contributed by atoms with Gasteiger partial charge in [-0.15, -0.1) is 0 Å². The topological polar surface area (TPSA) is 165 Å². The fourth-order valence-corrected chi connectivity index (χ4v) is 3.54. The Bertz CT molecular complexity index is 848. The van der Waals surface area contributed by atoms with Gasteiger partial charge in [0.05, 0.1) is 4.92 Å². The van der Waals surface area contributed by atoms with Crippen molar-refractivity contribution in [3.05, 3.63) is 34.4 Å². The maximum atomic E-state index is 12.3. The number of nitrogens with one attached hydrogen (secondary N) is 2. The molecule has 1 rings (SSSR count). The molecule has 0 saturated heterocycles. The van der Waals surface area contributed by atoms with Crippen LogP contribution >= 0.6 is 0 Å². The number of nitro benzene ring substituents is 1. The van der Waals surface area contributed by atoms with Gasteiger partial charge in [-0.3, -0.25) is 10.1 Å². The number of ether oxygens (including phenoxy) is 1. The number of unbranched alkanes of at least 4 members (excludes halogenated alkanes) is 1. The van der Waals surface area contributed by atoms with Gasteiger partial charge in [0.2, 0.25) is 10.0 Å². The third kappa shape index (κ3) is 8.44. The third-order valence-corrected chi connectivity index (χ3v) is 5.06. The highest BCUT2D eigenvalue weighted by molar-refractivity contribution is 7.89. The zero-order chi connectivity index (χ0) is 22.2. The van der Waals surface area contributed by atoms with Crippen LogP contribution in [0, 0.1) is 10.1 Å². The Balaban J connectivity index is 2.55. The Morgan fingerprint density at radius 1 is 1.24 bits per heavy atom. The van der Waals surface area contributed by atoms with Crippen LogP contribution < -0.4 is 10.0 Å². The number of nitro groups is 1. The van der Waals surface area contributed by atoms with E-state index in [9.17, 15) is 33.2 Å². The molecule has 0 saturated carbocycles. The van der Waals surface area contributed by atoms with Gasteiger partial charge in [0.1, 0.15) is 11.6 Å². The number of carboxylic acid groups (broad SMARTS) is 1. The molecule has 0 radical (unpaired) electrons. The lowest BCUT2D eigenvalue weighted by Gasteiger charge is -2.22. The van der Waals surface area contributed by atoms with Crippen LogP contribution in [-0.2, 0) is 19.6 Å². The van der Waals surface area contributed by atoms with Crippen molar-refractivity contribution in [3.63, 3.8) is 0 Å². The molecule has 162 valence electrons. The normalized spacial score (nSPS) is 12.8. The van der Waals surface area contributed by atoms with Crippen LogP contribution in [0.2, 0.25) is 0 Å². The molecule has 0 bridgehead atoms. The highest BCUT2D eigenvalue weighted by atomic mass is 32.2. The van der Waals surface area contributed by atoms with E-state index in [4.69, 9.17) is 4.74 Å². The lowest BCUT2D eigenvalue weighted by molar-refractivity contribution is -0.387. The second-order valence-electron chi connectivity index (χ2n) is 7.16. The van der Waals surface area contributed by atoms with Crippen molar-refractivity contribution in [2.45, 2.75) is 56.6 Å². The molecule has 0 aliphatic heterocycles. The minimum atomic E-state index is -4.09. The van der Waals surface area contributed by atoms with Gasteiger partial charge in [0.15, 0.2) is 4.90 Å². The standard InChI is InChI=1S/C17H25N3O8S/c1-17(2,3)28-16(23)19-12(15(21)22)8-6-7-11-18-29(26,27)14-10-5-4-9-13(14)20(24)25/h4-5,9-10,12,18H,6-8,11H2,1-3H3,(H,19,23)(H,21,22)/t12-/m0/s1. The molecule has 1 aromatic carbocycles. The van der Waals surface area contributed by atoms with E-state index < -0.39 is 49.2 Å². The zero-order valence-corrected chi connectivity index (χ0v) is 17.2. The Labute approximate surface area is 168 Å². The molecular weight excluding hydrogens is 406 g/mol. The van der Waals surface area contributed by atoms with Gasteiger partial charge in [-0.05, 0) is 46.1 Å². The van der Waals surface area contributed by atoms with E-state index in [-0.39, 0.29) is 25.8 Å². The molecule has 29 heavy (non-hydrogen) atoms. The van der Waals surface area contributed by atoms with E-state index >= 15 is 0 Å². The van der Waals surface area contributed by atoms with Gasteiger partial charge < -0.3 is 15.2 Å². The summed E-state index contributed by atoms with van der Waals surface area (Å²) in [6.45, 7) is 4.88. The first-order chi connectivity index (χ1) is 13.3. The number of hydrogen-bond donors (Lipinski definition) is 3. The molecule has 12 heteroatoms. The number of rotatable bonds is 10. The molecule has 0 aromatic heterocycles. The van der Waals surface area contributed by atoms with Gasteiger partial charge in [-0.2, -0.15) is 0 Å². The Morgan fingerprint density at radius 3 is 2.41 bits per heavy atom. The fourth-order valence-electron chi connectivity index (χ4n) is 2.30. The lowest BCUT2D eigenvalue weighted by atomic mass is 10.1. The summed E-state index contributed by atoms with van der Waals surface area (Å²) in [7, 11) is -4.09. The summed E-state index contributed by atoms with van der Waals surface area (Å²) in [5, 5.41) is 22.4. The second-order valence-corrected chi connectivity index (χ2v) is 8.89. The van der Waals surface area contributed by atoms with Crippen LogP contribution in [0.3, 0.4) is 0 Å². The number of aliphatic carboxylic acids is 1. The quantitative estimate of drug-likeness (QED) is 0.287. The van der Waals surface area contributed by atoms with Crippen molar-refractivity contribution in [1.82, 2.24) is 10.0 Å². The van der Waals surface area contributed by atoms with Crippen LogP contribution in [0.5, 0.6) is 0 Å². The van der Waals surface area contributed by atoms with Crippen molar-refractivity contribution in [3.8, 4) is 0 Å². The predicted molar refractivity (Wildman–Crippen MR) is 103 cm³/mol. The van der Waals surface area contributed by atoms with E-state index in [0.29, 0.717) is 0 Å². The van der Waals surface area contributed by atoms with Crippen molar-refractivity contribution in [1.29, 1.82) is 0 Å². The average molecular weight is 431 g/mol. The fraction of sp³-hybridized carbons (Fsp3) is 0.529. The summed E-state index contributed by atoms with van der Waals surface area (Å²) in [6.07, 6.45) is -0.255. The molecule has 0 unspecified atom stereocenters. The zero-order valence-electron chi connectivity index (χ0n) is 16.4. The highest BCUT2D eigenvalue weighted by Crippen LogP contribution is 2.22. The second kappa shape index (κ2) is 10.2. The first kappa shape index (κ1) is 24.3. The minimum Gasteiger partial charge on any atom is -0.480 e. The van der Waals surface area contributed by atoms with Crippen molar-refractivity contribution < 1.29 is 32.8 Å². The van der Waals surface area contributed by atoms with E-state index in [1.54, 1.807) is 20.8 Å². The SMILES string of the molecule is CC(C)(C)OC(=O)N[C@@H](CCCCNS(=O)(=O)c1ccccc1[N+](=O)[O-])C(=O)O. The summed E-state index contributed by atoms with van der Waals surface area (Å²) in [5.74, 6) is -1.24. The smallest absolute Gasteiger partial charge is 0.408 e. The van der Waals surface area contributed by atoms with Crippen LogP contribution in [-0.4, -0.2) is 48.7 Å². The van der Waals surface area contributed by atoms with Gasteiger partial charge in [0.25, 0.3) is 5.69 Å². The number of alkyl carbamates (subject to hydrolysis) is 1. The van der Waals surface area contributed by atoms with Gasteiger partial charge in [-0.1, -0.05) is 12.1 Å². The molecule has 0 spiro atoms. The number of carboxylic acids is 1. The van der Waals surface area contributed by atoms with Gasteiger partial charge in [-0.25, -0.2) is 22.7 Å². The van der Waals surface area contributed by atoms with Crippen molar-refractivity contribution in [2.75, 3.05) is 6.54 Å². The molecule has 1 amide bonds. The predicted octanol–water partition coefficient (Wildman–Crippen LogP) is 2.02. The molecule has 0 fully saturated rings. The Kier molecular flexibility index (Phi) is 8.52. The lowest BCUT2D eigenvalue weighted by Crippen LogP contribution is -2.43. The monoisotopic (exact) mass is 431 g/mol. The first-order valence-electron chi connectivity index (χ1n) is 8.79. The minimum absolute atomic E-state index is 0.0485. The number of nitrogens with zero attached hydrogens (tertiary/aromatic N) is 1. The van der Waals surface area contributed by atoms with E-state index in [1.807, 2.05) is 0 Å². The van der Waals surface area contributed by atoms with Crippen molar-refractivity contribution >= 4 is 27.8 Å². The summed E-state index contributed by atoms with van der Waals surface area (Å²) in [5.41, 5.74) is -1.31. The molecule has 11 nitrogen and oxygen atoms in total. The summed E-state index contributed by atoms with van der Waals surface area (Å²) >= 11 is 0. The van der Waals surface area contributed by atoms with Crippen LogP contribution in [0.25, 0.3) is 0 Å². The number of hydrogen-bond acceptors (Lipinski definition) is 7. The average Bonchev–Trinajstić information content (AvgIpc) is 2.58. The summed E-state index contributed by atoms with van der Waals surface area (Å²) in [4.78, 5) is 32.7. The molecule has 3 N–H and O–H groups in total. The molecule has 0 aliphatic carbocycles. The van der Waals surface area contributed by atoms with Gasteiger partial charge in [0, 0.05) is 12.6 Å². The Morgan fingerprint density at radius 2 is 1.86 bits per heavy atom. The number of carbonyl (C=O) groups excluding carboxylic acids is 1. The molecule has 1 aromatic rings. The van der Waals surface area contributed by atoms with Crippen LogP contribution in [0.15, 0.2) is 29.2 Å². The highest BCUT2D eigenvalue weighted by Gasteiger charge is 2.25. The van der Waals surface area contributed by atoms with E-state index in [2.05, 4.69) is 10.0 Å². The number of amides is 1. The maximum Gasteiger partial charge on any atom is 0.408 e. The number of para-hydroxylation sites is 1. The third-order valence-electron chi connectivity index (χ3n) is 3.55. The van der Waals surface area contributed by atoms with Crippen LogP contribution in [0.4, 0.5) is 10.5 Å². The first-order valence-corrected chi connectivity index (χ1v) is 10.3. The number of sulfonamides is 1. The summed E-state index contributed by atoms with van der Waals surface area (Å²) < 4.78 is 31.8. The molecular formula is C17H25N3O8S. The van der Waals surface area contributed by atoms with Gasteiger partial charge >= 0.3 is 12.1 Å². The van der Waals surface area contributed by atoms with E-state index in [1.165, 1.54) is 12.1 Å². The van der Waals surface area contributed by atoms with E-state index in [0.717, 1.165) is 12.1 Å². The van der Waals surface area contributed by atoms with Crippen LogP contribution in [0.1, 0.15) is 40.0 Å². The Hall–Kier alpha value is -2.73. The number of benzene rings is 1. The largest absolute Gasteiger partial charge is 0.480 e. The maximum absolute atomic E-state index is 12.3. The summed E-state index contributed by atoms with van der Waals surface area (Å²) in [6, 6.07) is 3.78. The van der Waals surface area contributed by atoms with Crippen molar-refractivity contribution in [2.24, 2.45) is 0 Å². The number of carbonyl (C=O) groups is 2. The molecule has 0 aliphatic rings. The molecule has 1 atom stereocenters.